The predicted octanol–water partition coefficient (Wildman–Crippen LogP) is 4.00. The van der Waals surface area contributed by atoms with Crippen molar-refractivity contribution in [2.75, 3.05) is 33.8 Å². The summed E-state index contributed by atoms with van der Waals surface area (Å²) in [6.07, 6.45) is 0.799. The second kappa shape index (κ2) is 8.55. The molecule has 2 heterocycles. The van der Waals surface area contributed by atoms with E-state index in [9.17, 15) is 9.59 Å². The Kier molecular flexibility index (Phi) is 5.83. The third-order valence-electron chi connectivity index (χ3n) is 5.63. The summed E-state index contributed by atoms with van der Waals surface area (Å²) >= 11 is 0. The van der Waals surface area contributed by atoms with Gasteiger partial charge in [0, 0.05) is 6.54 Å². The van der Waals surface area contributed by atoms with Gasteiger partial charge in [0.15, 0.2) is 5.43 Å². The van der Waals surface area contributed by atoms with E-state index in [1.165, 1.54) is 0 Å². The first kappa shape index (κ1) is 21.1. The molecule has 0 saturated heterocycles. The van der Waals surface area contributed by atoms with Gasteiger partial charge in [0.25, 0.3) is 5.91 Å². The van der Waals surface area contributed by atoms with Crippen LogP contribution in [0.4, 0.5) is 0 Å². The highest BCUT2D eigenvalue weighted by atomic mass is 16.5. The average Bonchev–Trinajstić information content (AvgIpc) is 3.02. The lowest BCUT2D eigenvalue weighted by Crippen LogP contribution is -2.32. The van der Waals surface area contributed by atoms with Crippen LogP contribution in [0.5, 0.6) is 5.75 Å². The number of rotatable bonds is 7. The number of fused-ring (bicyclic) bond motifs is 2. The largest absolute Gasteiger partial charge is 0.494 e. The van der Waals surface area contributed by atoms with E-state index in [4.69, 9.17) is 9.15 Å². The van der Waals surface area contributed by atoms with Crippen LogP contribution in [0.2, 0.25) is 0 Å². The zero-order valence-corrected chi connectivity index (χ0v) is 18.5. The SMILES string of the molecule is CCOc1ccc([C@@H]2c3c(oc4ccc(C)cc4c3=O)C(=O)N2CCCN(C)C)cc1. The van der Waals surface area contributed by atoms with Crippen molar-refractivity contribution >= 4 is 16.9 Å². The first-order valence-electron chi connectivity index (χ1n) is 10.7. The molecule has 6 heteroatoms. The van der Waals surface area contributed by atoms with Gasteiger partial charge in [-0.05, 0) is 70.7 Å². The van der Waals surface area contributed by atoms with Crippen LogP contribution in [-0.4, -0.2) is 49.5 Å². The third kappa shape index (κ3) is 3.95. The number of ether oxygens (including phenoxy) is 1. The lowest BCUT2D eigenvalue weighted by atomic mass is 9.98. The molecule has 0 fully saturated rings. The van der Waals surface area contributed by atoms with E-state index >= 15 is 0 Å². The van der Waals surface area contributed by atoms with Crippen LogP contribution in [0.15, 0.2) is 51.7 Å². The van der Waals surface area contributed by atoms with Crippen molar-refractivity contribution in [3.8, 4) is 5.75 Å². The van der Waals surface area contributed by atoms with E-state index in [2.05, 4.69) is 4.90 Å². The van der Waals surface area contributed by atoms with Crippen molar-refractivity contribution in [3.05, 3.63) is 75.1 Å². The van der Waals surface area contributed by atoms with E-state index in [0.717, 1.165) is 29.8 Å². The fraction of sp³-hybridized carbons (Fsp3) is 0.360. The molecule has 1 atom stereocenters. The Balaban J connectivity index is 1.84. The standard InChI is InChI=1S/C25H28N2O4/c1-5-30-18-10-8-17(9-11-18)22-21-23(28)19-15-16(2)7-12-20(19)31-24(21)25(29)27(22)14-6-13-26(3)4/h7-12,15,22H,5-6,13-14H2,1-4H3/t22-/m1/s1. The molecule has 0 radical (unpaired) electrons. The molecule has 1 aliphatic heterocycles. The maximum atomic E-state index is 13.5. The molecule has 1 aliphatic rings. The summed E-state index contributed by atoms with van der Waals surface area (Å²) in [6.45, 7) is 5.83. The summed E-state index contributed by atoms with van der Waals surface area (Å²) in [5.74, 6) is 0.688. The van der Waals surface area contributed by atoms with Crippen LogP contribution in [0, 0.1) is 6.92 Å². The van der Waals surface area contributed by atoms with E-state index < -0.39 is 6.04 Å². The highest BCUT2D eigenvalue weighted by Gasteiger charge is 2.42. The number of nitrogens with zero attached hydrogens (tertiary/aromatic N) is 2. The Morgan fingerprint density at radius 1 is 1.10 bits per heavy atom. The van der Waals surface area contributed by atoms with Crippen molar-refractivity contribution in [3.63, 3.8) is 0 Å². The minimum absolute atomic E-state index is 0.137. The molecule has 2 aromatic carbocycles. The number of carbonyl (C=O) groups is 1. The molecule has 0 bridgehead atoms. The molecule has 1 amide bonds. The Labute approximate surface area is 182 Å². The zero-order chi connectivity index (χ0) is 22.1. The van der Waals surface area contributed by atoms with E-state index in [1.54, 1.807) is 11.0 Å². The maximum Gasteiger partial charge on any atom is 0.290 e. The number of carbonyl (C=O) groups excluding carboxylic acids is 1. The molecule has 0 N–H and O–H groups in total. The zero-order valence-electron chi connectivity index (χ0n) is 18.5. The Bertz CT molecular complexity index is 1160. The van der Waals surface area contributed by atoms with Crippen molar-refractivity contribution in [1.29, 1.82) is 0 Å². The molecular weight excluding hydrogens is 392 g/mol. The average molecular weight is 421 g/mol. The molecule has 6 nitrogen and oxygen atoms in total. The Morgan fingerprint density at radius 2 is 1.84 bits per heavy atom. The smallest absolute Gasteiger partial charge is 0.290 e. The molecule has 0 unspecified atom stereocenters. The van der Waals surface area contributed by atoms with Gasteiger partial charge in [-0.2, -0.15) is 0 Å². The number of aryl methyl sites for hydroxylation is 1. The fourth-order valence-corrected chi connectivity index (χ4v) is 4.18. The number of benzene rings is 2. The molecule has 0 saturated carbocycles. The monoisotopic (exact) mass is 420 g/mol. The van der Waals surface area contributed by atoms with Crippen molar-refractivity contribution < 1.29 is 13.9 Å². The van der Waals surface area contributed by atoms with Gasteiger partial charge in [0.05, 0.1) is 23.6 Å². The van der Waals surface area contributed by atoms with E-state index in [1.807, 2.05) is 64.3 Å². The van der Waals surface area contributed by atoms with Crippen molar-refractivity contribution in [1.82, 2.24) is 9.80 Å². The summed E-state index contributed by atoms with van der Waals surface area (Å²) in [4.78, 5) is 30.7. The van der Waals surface area contributed by atoms with Crippen LogP contribution in [0.25, 0.3) is 11.0 Å². The molecule has 162 valence electrons. The second-order valence-electron chi connectivity index (χ2n) is 8.23. The summed E-state index contributed by atoms with van der Waals surface area (Å²) in [5, 5.41) is 0.512. The second-order valence-corrected chi connectivity index (χ2v) is 8.23. The van der Waals surface area contributed by atoms with E-state index in [0.29, 0.717) is 29.7 Å². The molecule has 31 heavy (non-hydrogen) atoms. The van der Waals surface area contributed by atoms with E-state index in [-0.39, 0.29) is 17.1 Å². The summed E-state index contributed by atoms with van der Waals surface area (Å²) < 4.78 is 11.6. The van der Waals surface area contributed by atoms with Crippen LogP contribution < -0.4 is 10.2 Å². The molecule has 3 aromatic rings. The van der Waals surface area contributed by atoms with Crippen molar-refractivity contribution in [2.45, 2.75) is 26.3 Å². The van der Waals surface area contributed by atoms with Gasteiger partial charge in [-0.3, -0.25) is 9.59 Å². The van der Waals surface area contributed by atoms with Gasteiger partial charge in [-0.15, -0.1) is 0 Å². The number of amides is 1. The predicted molar refractivity (Wildman–Crippen MR) is 121 cm³/mol. The van der Waals surface area contributed by atoms with Gasteiger partial charge in [-0.25, -0.2) is 0 Å². The normalized spacial score (nSPS) is 15.7. The molecule has 4 rings (SSSR count). The van der Waals surface area contributed by atoms with Gasteiger partial charge >= 0.3 is 0 Å². The highest BCUT2D eigenvalue weighted by Crippen LogP contribution is 2.38. The molecule has 1 aromatic heterocycles. The molecule has 0 aliphatic carbocycles. The third-order valence-corrected chi connectivity index (χ3v) is 5.63. The van der Waals surface area contributed by atoms with Crippen molar-refractivity contribution in [2.24, 2.45) is 0 Å². The Morgan fingerprint density at radius 3 is 2.52 bits per heavy atom. The highest BCUT2D eigenvalue weighted by molar-refractivity contribution is 5.99. The number of hydrogen-bond donors (Lipinski definition) is 0. The van der Waals surface area contributed by atoms with Crippen LogP contribution in [0.1, 0.15) is 46.6 Å². The summed E-state index contributed by atoms with van der Waals surface area (Å²) in [7, 11) is 4.01. The topological polar surface area (TPSA) is 63.0 Å². The van der Waals surface area contributed by atoms with Gasteiger partial charge in [0.2, 0.25) is 5.76 Å². The first-order valence-corrected chi connectivity index (χ1v) is 10.7. The summed E-state index contributed by atoms with van der Waals surface area (Å²) in [5.41, 5.74) is 2.59. The minimum atomic E-state index is -0.471. The maximum absolute atomic E-state index is 13.5. The van der Waals surface area contributed by atoms with Crippen LogP contribution in [-0.2, 0) is 0 Å². The fourth-order valence-electron chi connectivity index (χ4n) is 4.18. The van der Waals surface area contributed by atoms with Gasteiger partial charge in [0.1, 0.15) is 11.3 Å². The lowest BCUT2D eigenvalue weighted by molar-refractivity contribution is 0.0722. The van der Waals surface area contributed by atoms with Crippen LogP contribution >= 0.6 is 0 Å². The van der Waals surface area contributed by atoms with Crippen LogP contribution in [0.3, 0.4) is 0 Å². The number of hydrogen-bond acceptors (Lipinski definition) is 5. The molecule has 0 spiro atoms. The first-order chi connectivity index (χ1) is 14.9. The van der Waals surface area contributed by atoms with Gasteiger partial charge < -0.3 is 19.0 Å². The Hall–Kier alpha value is -3.12. The summed E-state index contributed by atoms with van der Waals surface area (Å²) in [6, 6.07) is 12.6. The quantitative estimate of drug-likeness (QED) is 0.578. The van der Waals surface area contributed by atoms with Gasteiger partial charge in [-0.1, -0.05) is 23.8 Å². The minimum Gasteiger partial charge on any atom is -0.494 e. The lowest BCUT2D eigenvalue weighted by Gasteiger charge is -2.26. The molecular formula is C25H28N2O4.